The summed E-state index contributed by atoms with van der Waals surface area (Å²) >= 11 is 0. The Morgan fingerprint density at radius 2 is 2.67 bits per heavy atom. The fourth-order valence-corrected chi connectivity index (χ4v) is 1.54. The Morgan fingerprint density at radius 3 is 3.27 bits per heavy atom. The molecule has 2 heterocycles. The lowest BCUT2D eigenvalue weighted by Gasteiger charge is -2.12. The van der Waals surface area contributed by atoms with Gasteiger partial charge in [-0.15, -0.1) is 0 Å². The third kappa shape index (κ3) is 1.89. The molecule has 4 nitrogen and oxygen atoms in total. The molecule has 0 saturated carbocycles. The minimum absolute atomic E-state index is 0.0205. The highest BCUT2D eigenvalue weighted by Crippen LogP contribution is 2.27. The van der Waals surface area contributed by atoms with Crippen molar-refractivity contribution in [3.05, 3.63) is 18.2 Å². The standard InChI is InChI=1S/C11H16N2O2/c1-3-10-8(6-15-11(10)14)4-9-5-12-7-13(9)2/h5,7-8,10H,3-4,6H2,1-2H3/t8-,10-/m0/s1/i4D2,8D,10D. The van der Waals surface area contributed by atoms with Crippen LogP contribution >= 0.6 is 0 Å². The highest BCUT2D eigenvalue weighted by Gasteiger charge is 2.35. The topological polar surface area (TPSA) is 44.1 Å². The van der Waals surface area contributed by atoms with E-state index in [4.69, 9.17) is 10.2 Å². The summed E-state index contributed by atoms with van der Waals surface area (Å²) in [5, 5.41) is 0. The minimum atomic E-state index is -2.22. The lowest BCUT2D eigenvalue weighted by atomic mass is 9.89. The van der Waals surface area contributed by atoms with E-state index in [-0.39, 0.29) is 12.1 Å². The third-order valence-electron chi connectivity index (χ3n) is 2.41. The zero-order valence-corrected chi connectivity index (χ0v) is 8.78. The summed E-state index contributed by atoms with van der Waals surface area (Å²) in [5.41, 5.74) is 0.158. The van der Waals surface area contributed by atoms with Crippen LogP contribution in [0.3, 0.4) is 0 Å². The van der Waals surface area contributed by atoms with Crippen molar-refractivity contribution in [1.29, 1.82) is 0 Å². The number of carbonyl (C=O) groups is 1. The van der Waals surface area contributed by atoms with E-state index in [1.165, 1.54) is 17.1 Å². The number of aromatic nitrogens is 2. The summed E-state index contributed by atoms with van der Waals surface area (Å²) in [6.07, 6.45) is 0.537. The van der Waals surface area contributed by atoms with Crippen molar-refractivity contribution >= 4 is 5.97 Å². The Balaban J connectivity index is 2.56. The minimum Gasteiger partial charge on any atom is -0.465 e. The monoisotopic (exact) mass is 212 g/mol. The maximum absolute atomic E-state index is 11.7. The Labute approximate surface area is 94.9 Å². The summed E-state index contributed by atoms with van der Waals surface area (Å²) in [7, 11) is 1.61. The van der Waals surface area contributed by atoms with Crippen molar-refractivity contribution in [2.45, 2.75) is 19.7 Å². The van der Waals surface area contributed by atoms with E-state index in [1.807, 2.05) is 0 Å². The molecular formula is C11H16N2O2. The predicted octanol–water partition coefficient (Wildman–Crippen LogP) is 1.16. The SMILES string of the molecule is [2H]C([2H])(c1cncn1C)[C@@]1([2H])COC(=O)[C@@]1([2H])CC. The molecule has 0 aromatic carbocycles. The molecular weight excluding hydrogens is 192 g/mol. The zero-order valence-electron chi connectivity index (χ0n) is 12.8. The number of hydrogen-bond acceptors (Lipinski definition) is 3. The molecule has 1 aromatic rings. The molecule has 0 amide bonds. The predicted molar refractivity (Wildman–Crippen MR) is 55.1 cm³/mol. The summed E-state index contributed by atoms with van der Waals surface area (Å²) in [4.78, 5) is 15.6. The van der Waals surface area contributed by atoms with Gasteiger partial charge in [-0.1, -0.05) is 6.92 Å². The molecule has 1 aromatic heterocycles. The quantitative estimate of drug-likeness (QED) is 0.706. The van der Waals surface area contributed by atoms with Crippen LogP contribution in [0.2, 0.25) is 0 Å². The van der Waals surface area contributed by atoms with Gasteiger partial charge in [-0.2, -0.15) is 0 Å². The molecule has 0 unspecified atom stereocenters. The summed E-state index contributed by atoms with van der Waals surface area (Å²) in [5.74, 6) is -4.75. The van der Waals surface area contributed by atoms with Crippen molar-refractivity contribution in [3.8, 4) is 0 Å². The number of rotatable bonds is 3. The Kier molecular flexibility index (Phi) is 1.70. The number of carbonyl (C=O) groups excluding carboxylic acids is 1. The van der Waals surface area contributed by atoms with Crippen LogP contribution in [0.4, 0.5) is 0 Å². The summed E-state index contributed by atoms with van der Waals surface area (Å²) in [6, 6.07) is 0. The van der Waals surface area contributed by atoms with E-state index in [1.54, 1.807) is 14.0 Å². The van der Waals surface area contributed by atoms with Crippen molar-refractivity contribution in [3.63, 3.8) is 0 Å². The van der Waals surface area contributed by atoms with E-state index in [9.17, 15) is 4.79 Å². The van der Waals surface area contributed by atoms with Crippen LogP contribution in [-0.2, 0) is 23.0 Å². The van der Waals surface area contributed by atoms with Gasteiger partial charge in [0, 0.05) is 30.3 Å². The van der Waals surface area contributed by atoms with E-state index in [2.05, 4.69) is 4.98 Å². The largest absolute Gasteiger partial charge is 0.465 e. The highest BCUT2D eigenvalue weighted by atomic mass is 16.5. The van der Waals surface area contributed by atoms with E-state index < -0.39 is 30.7 Å². The molecule has 0 radical (unpaired) electrons. The van der Waals surface area contributed by atoms with Gasteiger partial charge < -0.3 is 9.30 Å². The molecule has 1 aliphatic rings. The number of aryl methyl sites for hydroxylation is 1. The molecule has 4 heteroatoms. The number of ether oxygens (including phenoxy) is 1. The average Bonchev–Trinajstić information content (AvgIpc) is 2.88. The van der Waals surface area contributed by atoms with Gasteiger partial charge >= 0.3 is 5.97 Å². The molecule has 1 saturated heterocycles. The molecule has 82 valence electrons. The fraction of sp³-hybridized carbons (Fsp3) is 0.636. The van der Waals surface area contributed by atoms with Gasteiger partial charge in [0.2, 0.25) is 0 Å². The Hall–Kier alpha value is -1.32. The van der Waals surface area contributed by atoms with Crippen LogP contribution in [0.5, 0.6) is 0 Å². The maximum atomic E-state index is 11.7. The molecule has 2 atom stereocenters. The van der Waals surface area contributed by atoms with Gasteiger partial charge in [0.05, 0.1) is 18.8 Å². The smallest absolute Gasteiger partial charge is 0.309 e. The van der Waals surface area contributed by atoms with Gasteiger partial charge in [-0.25, -0.2) is 4.98 Å². The van der Waals surface area contributed by atoms with Crippen LogP contribution in [0.15, 0.2) is 12.5 Å². The second-order valence-electron chi connectivity index (χ2n) is 3.40. The van der Waals surface area contributed by atoms with E-state index >= 15 is 0 Å². The van der Waals surface area contributed by atoms with Gasteiger partial charge in [0.1, 0.15) is 0 Å². The second kappa shape index (κ2) is 4.04. The first-order valence-electron chi connectivity index (χ1n) is 6.85. The molecule has 1 fully saturated rings. The Morgan fingerprint density at radius 1 is 1.87 bits per heavy atom. The molecule has 2 rings (SSSR count). The number of esters is 1. The highest BCUT2D eigenvalue weighted by molar-refractivity contribution is 5.74. The van der Waals surface area contributed by atoms with Crippen LogP contribution in [0.1, 0.15) is 24.5 Å². The van der Waals surface area contributed by atoms with Gasteiger partial charge in [0.25, 0.3) is 0 Å². The molecule has 0 bridgehead atoms. The van der Waals surface area contributed by atoms with Crippen molar-refractivity contribution in [1.82, 2.24) is 9.55 Å². The number of nitrogens with zero attached hydrogens (tertiary/aromatic N) is 2. The van der Waals surface area contributed by atoms with E-state index in [0.717, 1.165) is 0 Å². The zero-order chi connectivity index (χ0) is 14.5. The summed E-state index contributed by atoms with van der Waals surface area (Å²) in [6.45, 7) is 1.16. The van der Waals surface area contributed by atoms with Crippen LogP contribution < -0.4 is 0 Å². The molecule has 0 N–H and O–H groups in total. The first-order valence-corrected chi connectivity index (χ1v) is 4.85. The van der Waals surface area contributed by atoms with E-state index in [0.29, 0.717) is 0 Å². The van der Waals surface area contributed by atoms with Crippen molar-refractivity contribution in [2.24, 2.45) is 18.8 Å². The van der Waals surface area contributed by atoms with Crippen LogP contribution in [-0.4, -0.2) is 22.1 Å². The first-order chi connectivity index (χ1) is 8.70. The van der Waals surface area contributed by atoms with Crippen molar-refractivity contribution < 1.29 is 15.0 Å². The normalized spacial score (nSPS) is 40.3. The third-order valence-corrected chi connectivity index (χ3v) is 2.41. The lowest BCUT2D eigenvalue weighted by Crippen LogP contribution is -2.18. The summed E-state index contributed by atoms with van der Waals surface area (Å²) < 4.78 is 39.3. The van der Waals surface area contributed by atoms with Gasteiger partial charge in [-0.3, -0.25) is 4.79 Å². The number of cyclic esters (lactones) is 1. The van der Waals surface area contributed by atoms with Gasteiger partial charge in [0.15, 0.2) is 0 Å². The maximum Gasteiger partial charge on any atom is 0.309 e. The number of imidazole rings is 1. The van der Waals surface area contributed by atoms with Crippen molar-refractivity contribution in [2.75, 3.05) is 6.61 Å². The average molecular weight is 212 g/mol. The lowest BCUT2D eigenvalue weighted by molar-refractivity contribution is -0.141. The molecule has 0 aliphatic carbocycles. The molecule has 0 spiro atoms. The van der Waals surface area contributed by atoms with Crippen LogP contribution in [0, 0.1) is 11.8 Å². The second-order valence-corrected chi connectivity index (χ2v) is 3.40. The van der Waals surface area contributed by atoms with Gasteiger partial charge in [-0.05, 0) is 12.8 Å². The molecule has 1 aliphatic heterocycles. The fourth-order valence-electron chi connectivity index (χ4n) is 1.54. The number of hydrogen-bond donors (Lipinski definition) is 0. The van der Waals surface area contributed by atoms with Crippen LogP contribution in [0.25, 0.3) is 0 Å². The molecule has 15 heavy (non-hydrogen) atoms. The Bertz CT molecular complexity index is 519. The first kappa shape index (κ1) is 6.30.